The maximum Gasteiger partial charge on any atom is 0.0337 e. The first-order chi connectivity index (χ1) is 7.29. The summed E-state index contributed by atoms with van der Waals surface area (Å²) >= 11 is 1.84. The fourth-order valence-corrected chi connectivity index (χ4v) is 2.50. The number of benzene rings is 1. The Hall–Kier alpha value is -1.28. The van der Waals surface area contributed by atoms with E-state index >= 15 is 0 Å². The second-order valence-electron chi connectivity index (χ2n) is 3.65. The van der Waals surface area contributed by atoms with Gasteiger partial charge in [-0.2, -0.15) is 0 Å². The Morgan fingerprint density at radius 1 is 1.13 bits per heavy atom. The van der Waals surface area contributed by atoms with E-state index in [9.17, 15) is 0 Å². The standard InChI is InChI=1S/C13H15NS/c1-10-7-8-15-13(10)9-11-3-5-12(14-2)6-4-11/h3-8,14H,9H2,1-2H3. The number of anilines is 1. The van der Waals surface area contributed by atoms with E-state index in [1.165, 1.54) is 21.7 Å². The van der Waals surface area contributed by atoms with Crippen molar-refractivity contribution in [3.05, 3.63) is 51.7 Å². The van der Waals surface area contributed by atoms with Crippen LogP contribution in [-0.4, -0.2) is 7.05 Å². The third-order valence-electron chi connectivity index (χ3n) is 2.58. The highest BCUT2D eigenvalue weighted by molar-refractivity contribution is 7.10. The summed E-state index contributed by atoms with van der Waals surface area (Å²) in [5.74, 6) is 0. The Bertz CT molecular complexity index is 428. The number of thiophene rings is 1. The molecule has 0 aliphatic rings. The van der Waals surface area contributed by atoms with Gasteiger partial charge < -0.3 is 5.32 Å². The van der Waals surface area contributed by atoms with E-state index in [0.717, 1.165) is 6.42 Å². The van der Waals surface area contributed by atoms with Crippen LogP contribution in [0.15, 0.2) is 35.7 Å². The van der Waals surface area contributed by atoms with Crippen molar-refractivity contribution in [2.75, 3.05) is 12.4 Å². The second-order valence-corrected chi connectivity index (χ2v) is 4.65. The minimum Gasteiger partial charge on any atom is -0.388 e. The van der Waals surface area contributed by atoms with Gasteiger partial charge in [0.15, 0.2) is 0 Å². The van der Waals surface area contributed by atoms with E-state index in [2.05, 4.69) is 48.0 Å². The van der Waals surface area contributed by atoms with E-state index in [4.69, 9.17) is 0 Å². The Balaban J connectivity index is 2.14. The molecule has 15 heavy (non-hydrogen) atoms. The monoisotopic (exact) mass is 217 g/mol. The van der Waals surface area contributed by atoms with Crippen molar-refractivity contribution in [3.63, 3.8) is 0 Å². The van der Waals surface area contributed by atoms with Crippen LogP contribution in [-0.2, 0) is 6.42 Å². The summed E-state index contributed by atoms with van der Waals surface area (Å²) < 4.78 is 0. The van der Waals surface area contributed by atoms with Gasteiger partial charge in [0.1, 0.15) is 0 Å². The highest BCUT2D eigenvalue weighted by atomic mass is 32.1. The minimum atomic E-state index is 1.05. The maximum atomic E-state index is 3.13. The summed E-state index contributed by atoms with van der Waals surface area (Å²) in [6, 6.07) is 10.8. The van der Waals surface area contributed by atoms with Crippen molar-refractivity contribution in [2.45, 2.75) is 13.3 Å². The van der Waals surface area contributed by atoms with Crippen LogP contribution in [0.1, 0.15) is 16.0 Å². The van der Waals surface area contributed by atoms with Gasteiger partial charge in [0.2, 0.25) is 0 Å². The summed E-state index contributed by atoms with van der Waals surface area (Å²) in [5, 5.41) is 5.29. The molecule has 0 atom stereocenters. The van der Waals surface area contributed by atoms with Crippen molar-refractivity contribution in [3.8, 4) is 0 Å². The highest BCUT2D eigenvalue weighted by Crippen LogP contribution is 2.20. The Kier molecular flexibility index (Phi) is 3.07. The molecule has 0 spiro atoms. The molecule has 2 heteroatoms. The number of nitrogens with one attached hydrogen (secondary N) is 1. The maximum absolute atomic E-state index is 3.13. The lowest BCUT2D eigenvalue weighted by molar-refractivity contribution is 1.21. The molecule has 0 saturated heterocycles. The molecule has 1 aromatic carbocycles. The molecule has 1 aromatic heterocycles. The normalized spacial score (nSPS) is 10.3. The number of aryl methyl sites for hydroxylation is 1. The average molecular weight is 217 g/mol. The van der Waals surface area contributed by atoms with Crippen molar-refractivity contribution in [2.24, 2.45) is 0 Å². The summed E-state index contributed by atoms with van der Waals surface area (Å²) in [4.78, 5) is 1.47. The van der Waals surface area contributed by atoms with Crippen LogP contribution in [0, 0.1) is 6.92 Å². The summed E-state index contributed by atoms with van der Waals surface area (Å²) in [7, 11) is 1.94. The van der Waals surface area contributed by atoms with Gasteiger partial charge in [-0.3, -0.25) is 0 Å². The van der Waals surface area contributed by atoms with Crippen molar-refractivity contribution >= 4 is 17.0 Å². The molecule has 78 valence electrons. The molecule has 0 amide bonds. The van der Waals surface area contributed by atoms with Gasteiger partial charge in [0, 0.05) is 24.0 Å². The Morgan fingerprint density at radius 2 is 1.87 bits per heavy atom. The summed E-state index contributed by atoms with van der Waals surface area (Å²) in [6.07, 6.45) is 1.05. The molecule has 0 radical (unpaired) electrons. The molecule has 2 rings (SSSR count). The van der Waals surface area contributed by atoms with Gasteiger partial charge in [0.05, 0.1) is 0 Å². The number of hydrogen-bond donors (Lipinski definition) is 1. The summed E-state index contributed by atoms with van der Waals surface area (Å²) in [5.41, 5.74) is 3.94. The van der Waals surface area contributed by atoms with E-state index in [0.29, 0.717) is 0 Å². The smallest absolute Gasteiger partial charge is 0.0337 e. The lowest BCUT2D eigenvalue weighted by atomic mass is 10.1. The third kappa shape index (κ3) is 2.39. The quantitative estimate of drug-likeness (QED) is 0.826. The molecule has 0 aliphatic heterocycles. The molecule has 0 bridgehead atoms. The Labute approximate surface area is 94.8 Å². The Morgan fingerprint density at radius 3 is 2.40 bits per heavy atom. The number of rotatable bonds is 3. The zero-order valence-electron chi connectivity index (χ0n) is 9.08. The SMILES string of the molecule is CNc1ccc(Cc2sccc2C)cc1. The summed E-state index contributed by atoms with van der Waals surface area (Å²) in [6.45, 7) is 2.17. The van der Waals surface area contributed by atoms with Gasteiger partial charge in [-0.15, -0.1) is 11.3 Å². The van der Waals surface area contributed by atoms with Gasteiger partial charge in [0.25, 0.3) is 0 Å². The fourth-order valence-electron chi connectivity index (χ4n) is 1.56. The van der Waals surface area contributed by atoms with Crippen molar-refractivity contribution < 1.29 is 0 Å². The first-order valence-electron chi connectivity index (χ1n) is 5.09. The predicted molar refractivity (Wildman–Crippen MR) is 67.9 cm³/mol. The largest absolute Gasteiger partial charge is 0.388 e. The zero-order valence-corrected chi connectivity index (χ0v) is 9.90. The fraction of sp³-hybridized carbons (Fsp3) is 0.231. The zero-order chi connectivity index (χ0) is 10.7. The van der Waals surface area contributed by atoms with Crippen LogP contribution < -0.4 is 5.32 Å². The molecule has 1 heterocycles. The van der Waals surface area contributed by atoms with E-state index in [1.54, 1.807) is 0 Å². The van der Waals surface area contributed by atoms with Crippen LogP contribution in [0.2, 0.25) is 0 Å². The highest BCUT2D eigenvalue weighted by Gasteiger charge is 2.01. The first kappa shape index (κ1) is 10.2. The van der Waals surface area contributed by atoms with Gasteiger partial charge in [-0.25, -0.2) is 0 Å². The first-order valence-corrected chi connectivity index (χ1v) is 5.97. The van der Waals surface area contributed by atoms with Gasteiger partial charge >= 0.3 is 0 Å². The topological polar surface area (TPSA) is 12.0 Å². The number of hydrogen-bond acceptors (Lipinski definition) is 2. The predicted octanol–water partition coefficient (Wildman–Crippen LogP) is 3.69. The minimum absolute atomic E-state index is 1.05. The van der Waals surface area contributed by atoms with E-state index in [1.807, 2.05) is 18.4 Å². The van der Waals surface area contributed by atoms with Crippen LogP contribution in [0.3, 0.4) is 0 Å². The molecular formula is C13H15NS. The molecule has 0 fully saturated rings. The van der Waals surface area contributed by atoms with E-state index in [-0.39, 0.29) is 0 Å². The van der Waals surface area contributed by atoms with Crippen LogP contribution in [0.4, 0.5) is 5.69 Å². The molecule has 1 nitrogen and oxygen atoms in total. The van der Waals surface area contributed by atoms with Crippen LogP contribution in [0.25, 0.3) is 0 Å². The van der Waals surface area contributed by atoms with Gasteiger partial charge in [-0.1, -0.05) is 12.1 Å². The molecule has 0 saturated carbocycles. The second kappa shape index (κ2) is 4.49. The van der Waals surface area contributed by atoms with Gasteiger partial charge in [-0.05, 0) is 41.6 Å². The molecule has 0 unspecified atom stereocenters. The lowest BCUT2D eigenvalue weighted by Crippen LogP contribution is -1.90. The molecule has 1 N–H and O–H groups in total. The average Bonchev–Trinajstić information content (AvgIpc) is 2.66. The third-order valence-corrected chi connectivity index (χ3v) is 3.60. The molecule has 0 aliphatic carbocycles. The molecular weight excluding hydrogens is 202 g/mol. The van der Waals surface area contributed by atoms with Crippen LogP contribution >= 0.6 is 11.3 Å². The van der Waals surface area contributed by atoms with Crippen LogP contribution in [0.5, 0.6) is 0 Å². The lowest BCUT2D eigenvalue weighted by Gasteiger charge is -2.03. The molecule has 2 aromatic rings. The van der Waals surface area contributed by atoms with Crippen molar-refractivity contribution in [1.82, 2.24) is 0 Å². The van der Waals surface area contributed by atoms with E-state index < -0.39 is 0 Å². The van der Waals surface area contributed by atoms with Crippen molar-refractivity contribution in [1.29, 1.82) is 0 Å².